The molecule has 2 heterocycles. The maximum atomic E-state index is 12.7. The molecule has 42 heavy (non-hydrogen) atoms. The molecule has 0 aliphatic carbocycles. The molecule has 218 valence electrons. The van der Waals surface area contributed by atoms with Crippen molar-refractivity contribution in [2.45, 2.75) is 87.0 Å². The van der Waals surface area contributed by atoms with Crippen molar-refractivity contribution in [3.05, 3.63) is 114 Å². The molecule has 5 nitrogen and oxygen atoms in total. The average molecular weight is 582 g/mol. The van der Waals surface area contributed by atoms with Crippen molar-refractivity contribution in [2.75, 3.05) is 0 Å². The highest BCUT2D eigenvalue weighted by atomic mass is 32.2. The van der Waals surface area contributed by atoms with Gasteiger partial charge in [-0.1, -0.05) is 78.9 Å². The lowest BCUT2D eigenvalue weighted by molar-refractivity contribution is -0.215. The monoisotopic (exact) mass is 581 g/mol. The first-order valence-electron chi connectivity index (χ1n) is 14.9. The van der Waals surface area contributed by atoms with E-state index in [2.05, 4.69) is 91.0 Å². The summed E-state index contributed by atoms with van der Waals surface area (Å²) in [6, 6.07) is 34.5. The van der Waals surface area contributed by atoms with E-state index in [0.29, 0.717) is 6.61 Å². The number of benzene rings is 4. The van der Waals surface area contributed by atoms with Crippen molar-refractivity contribution in [3.8, 4) is 0 Å². The molecule has 4 aromatic rings. The van der Waals surface area contributed by atoms with E-state index >= 15 is 0 Å². The number of carbonyl (C=O) groups is 1. The van der Waals surface area contributed by atoms with Gasteiger partial charge in [0.25, 0.3) is 0 Å². The molecule has 4 atom stereocenters. The second kappa shape index (κ2) is 12.5. The number of nitrogens with zero attached hydrogens (tertiary/aromatic N) is 1. The van der Waals surface area contributed by atoms with Crippen LogP contribution >= 0.6 is 11.8 Å². The lowest BCUT2D eigenvalue weighted by Crippen LogP contribution is -2.52. The minimum atomic E-state index is -0.647. The molecule has 6 heteroatoms. The zero-order valence-corrected chi connectivity index (χ0v) is 25.4. The Hall–Kier alpha value is -3.32. The number of carbonyl (C=O) groups excluding carboxylic acids is 1. The number of thioether (sulfide) groups is 1. The third-order valence-electron chi connectivity index (χ3n) is 8.17. The van der Waals surface area contributed by atoms with Gasteiger partial charge < -0.3 is 14.3 Å². The minimum Gasteiger partial charge on any atom is -0.427 e. The summed E-state index contributed by atoms with van der Waals surface area (Å²) in [4.78, 5) is 19.8. The quantitative estimate of drug-likeness (QED) is 0.153. The molecule has 2 saturated heterocycles. The van der Waals surface area contributed by atoms with E-state index in [-0.39, 0.29) is 24.1 Å². The van der Waals surface area contributed by atoms with E-state index in [4.69, 9.17) is 14.3 Å². The Balaban J connectivity index is 1.21. The fourth-order valence-corrected chi connectivity index (χ4v) is 7.11. The third kappa shape index (κ3) is 6.83. The summed E-state index contributed by atoms with van der Waals surface area (Å²) in [5.41, 5.74) is 3.11. The molecule has 0 amide bonds. The van der Waals surface area contributed by atoms with Gasteiger partial charge in [0.05, 0.1) is 18.8 Å². The number of hydrogen-bond acceptors (Lipinski definition) is 6. The molecule has 2 bridgehead atoms. The van der Waals surface area contributed by atoms with Crippen LogP contribution in [0.3, 0.4) is 0 Å². The van der Waals surface area contributed by atoms with Crippen molar-refractivity contribution in [3.63, 3.8) is 0 Å². The maximum absolute atomic E-state index is 12.7. The second-order valence-corrected chi connectivity index (χ2v) is 13.4. The molecule has 0 spiro atoms. The molecular weight excluding hydrogens is 542 g/mol. The Bertz CT molecular complexity index is 1500. The van der Waals surface area contributed by atoms with E-state index < -0.39 is 11.8 Å². The van der Waals surface area contributed by atoms with Crippen LogP contribution in [0.5, 0.6) is 0 Å². The van der Waals surface area contributed by atoms with Gasteiger partial charge >= 0.3 is 6.16 Å². The smallest absolute Gasteiger partial charge is 0.427 e. The van der Waals surface area contributed by atoms with Crippen LogP contribution in [0.4, 0.5) is 4.79 Å². The van der Waals surface area contributed by atoms with Crippen molar-refractivity contribution in [1.29, 1.82) is 0 Å². The first kappa shape index (κ1) is 28.8. The Kier molecular flexibility index (Phi) is 8.57. The lowest BCUT2D eigenvalue weighted by atomic mass is 9.83. The van der Waals surface area contributed by atoms with Crippen LogP contribution < -0.4 is 0 Å². The molecule has 0 saturated carbocycles. The predicted molar refractivity (Wildman–Crippen MR) is 168 cm³/mol. The Morgan fingerprint density at radius 2 is 1.57 bits per heavy atom. The number of hydrogen-bond donors (Lipinski definition) is 0. The van der Waals surface area contributed by atoms with Gasteiger partial charge in [0.15, 0.2) is 0 Å². The van der Waals surface area contributed by atoms with Gasteiger partial charge in [-0.25, -0.2) is 4.79 Å². The zero-order chi connectivity index (χ0) is 29.1. The van der Waals surface area contributed by atoms with Crippen LogP contribution in [-0.2, 0) is 26.7 Å². The molecule has 2 aliphatic heterocycles. The van der Waals surface area contributed by atoms with E-state index in [1.54, 1.807) is 0 Å². The first-order chi connectivity index (χ1) is 20.3. The fraction of sp³-hybridized carbons (Fsp3) is 0.361. The first-order valence-corrected chi connectivity index (χ1v) is 15.9. The largest absolute Gasteiger partial charge is 0.528 e. The van der Waals surface area contributed by atoms with E-state index in [1.165, 1.54) is 26.8 Å². The van der Waals surface area contributed by atoms with E-state index in [0.717, 1.165) is 30.6 Å². The Labute approximate surface area is 253 Å². The molecule has 0 N–H and O–H groups in total. The maximum Gasteiger partial charge on any atom is 0.528 e. The minimum absolute atomic E-state index is 0.0324. The van der Waals surface area contributed by atoms with Gasteiger partial charge in [-0.3, -0.25) is 0 Å². The average Bonchev–Trinajstić information content (AvgIpc) is 3.25. The molecular formula is C36H39NO4S. The van der Waals surface area contributed by atoms with Crippen molar-refractivity contribution in [2.24, 2.45) is 0 Å². The predicted octanol–water partition coefficient (Wildman–Crippen LogP) is 8.90. The van der Waals surface area contributed by atoms with E-state index in [9.17, 15) is 4.79 Å². The van der Waals surface area contributed by atoms with Crippen LogP contribution in [0.25, 0.3) is 10.8 Å². The van der Waals surface area contributed by atoms with Crippen LogP contribution in [0.2, 0.25) is 0 Å². The summed E-state index contributed by atoms with van der Waals surface area (Å²) in [6.45, 7) is 6.06. The van der Waals surface area contributed by atoms with Crippen molar-refractivity contribution >= 4 is 28.7 Å². The second-order valence-electron chi connectivity index (χ2n) is 12.4. The molecule has 6 rings (SSSR count). The lowest BCUT2D eigenvalue weighted by Gasteiger charge is -2.43. The molecule has 2 aliphatic rings. The summed E-state index contributed by atoms with van der Waals surface area (Å²) in [7, 11) is 0. The van der Waals surface area contributed by atoms with Gasteiger partial charge in [0.2, 0.25) is 0 Å². The highest BCUT2D eigenvalue weighted by Crippen LogP contribution is 2.45. The summed E-state index contributed by atoms with van der Waals surface area (Å²) in [6.07, 6.45) is 1.97. The van der Waals surface area contributed by atoms with Gasteiger partial charge in [-0.15, -0.1) is 16.8 Å². The van der Waals surface area contributed by atoms with Crippen molar-refractivity contribution < 1.29 is 19.1 Å². The summed E-state index contributed by atoms with van der Waals surface area (Å²) in [5.74, 6) is 1.14. The topological polar surface area (TPSA) is 48.0 Å². The third-order valence-corrected chi connectivity index (χ3v) is 9.25. The summed E-state index contributed by atoms with van der Waals surface area (Å²) >= 11 is 1.85. The fourth-order valence-electron chi connectivity index (χ4n) is 6.23. The number of fused-ring (bicyclic) bond motifs is 3. The number of piperidine rings is 1. The molecule has 4 unspecified atom stereocenters. The molecule has 2 fully saturated rings. The van der Waals surface area contributed by atoms with E-state index in [1.807, 2.05) is 43.7 Å². The van der Waals surface area contributed by atoms with Crippen LogP contribution in [0.1, 0.15) is 62.6 Å². The van der Waals surface area contributed by atoms with Crippen LogP contribution in [0.15, 0.2) is 102 Å². The number of hydroxylamine groups is 2. The standard InChI is InChI=1S/C36H39NO4S/c1-36(2,3)40-35(38)41-37-30-19-20-33(37)34(39-23-26-15-16-27-9-7-8-10-29(27)21-26)32(22-30)28-17-13-25(14-18-28)24-42-31-11-5-4-6-12-31/h4-18,21,30,32-34H,19-20,22-24H2,1-3H3. The van der Waals surface area contributed by atoms with Crippen LogP contribution in [-0.4, -0.2) is 35.0 Å². The van der Waals surface area contributed by atoms with Gasteiger partial charge in [0, 0.05) is 22.6 Å². The number of ether oxygens (including phenoxy) is 2. The molecule has 0 radical (unpaired) electrons. The normalized spacial score (nSPS) is 22.3. The highest BCUT2D eigenvalue weighted by molar-refractivity contribution is 7.98. The van der Waals surface area contributed by atoms with Gasteiger partial charge in [-0.2, -0.15) is 0 Å². The highest BCUT2D eigenvalue weighted by Gasteiger charge is 2.51. The molecule has 4 aromatic carbocycles. The Morgan fingerprint density at radius 1 is 0.857 bits per heavy atom. The van der Waals surface area contributed by atoms with Gasteiger partial charge in [-0.05, 0) is 85.7 Å². The van der Waals surface area contributed by atoms with Crippen molar-refractivity contribution in [1.82, 2.24) is 5.06 Å². The summed E-state index contributed by atoms with van der Waals surface area (Å²) < 4.78 is 12.3. The SMILES string of the molecule is CC(C)(C)OC(=O)ON1C2CCC1C(OCc1ccc3ccccc3c1)C(c1ccc(CSc3ccccc3)cc1)C2. The zero-order valence-electron chi connectivity index (χ0n) is 24.6. The van der Waals surface area contributed by atoms with Gasteiger partial charge in [0.1, 0.15) is 5.60 Å². The Morgan fingerprint density at radius 3 is 2.33 bits per heavy atom. The number of rotatable bonds is 8. The van der Waals surface area contributed by atoms with Crippen LogP contribution in [0, 0.1) is 0 Å². The summed E-state index contributed by atoms with van der Waals surface area (Å²) in [5, 5.41) is 4.30. The molecule has 0 aromatic heterocycles.